The van der Waals surface area contributed by atoms with Crippen molar-refractivity contribution in [3.8, 4) is 5.75 Å². The van der Waals surface area contributed by atoms with Crippen molar-refractivity contribution in [3.63, 3.8) is 0 Å². The summed E-state index contributed by atoms with van der Waals surface area (Å²) in [6, 6.07) is 1.74. The van der Waals surface area contributed by atoms with Crippen molar-refractivity contribution in [2.75, 3.05) is 7.11 Å². The Morgan fingerprint density at radius 2 is 2.30 bits per heavy atom. The molecule has 0 unspecified atom stereocenters. The van der Waals surface area contributed by atoms with Gasteiger partial charge in [-0.3, -0.25) is 4.98 Å². The number of aromatic nitrogens is 1. The first kappa shape index (κ1) is 7.35. The first-order valence-corrected chi connectivity index (χ1v) is 3.28. The van der Waals surface area contributed by atoms with Gasteiger partial charge in [0.05, 0.1) is 17.8 Å². The molecule has 0 N–H and O–H groups in total. The molecule has 0 atom stereocenters. The van der Waals surface area contributed by atoms with Gasteiger partial charge in [-0.1, -0.05) is 11.6 Å². The van der Waals surface area contributed by atoms with Gasteiger partial charge in [0.1, 0.15) is 5.75 Å². The number of methoxy groups -OCH3 is 1. The predicted octanol–water partition coefficient (Wildman–Crippen LogP) is 2.05. The Balaban J connectivity index is 3.09. The maximum absolute atomic E-state index is 5.65. The summed E-state index contributed by atoms with van der Waals surface area (Å²) in [5, 5.41) is 0.599. The number of rotatable bonds is 1. The zero-order valence-electron chi connectivity index (χ0n) is 5.89. The van der Waals surface area contributed by atoms with E-state index in [0.717, 1.165) is 11.4 Å². The quantitative estimate of drug-likeness (QED) is 0.623. The summed E-state index contributed by atoms with van der Waals surface area (Å²) in [6.07, 6.45) is 1.60. The van der Waals surface area contributed by atoms with Gasteiger partial charge in [0.15, 0.2) is 0 Å². The highest BCUT2D eigenvalue weighted by Crippen LogP contribution is 2.18. The minimum Gasteiger partial charge on any atom is -0.495 e. The molecule has 0 fully saturated rings. The van der Waals surface area contributed by atoms with Gasteiger partial charge in [-0.05, 0) is 6.92 Å². The summed E-state index contributed by atoms with van der Waals surface area (Å²) in [4.78, 5) is 3.99. The minimum absolute atomic E-state index is 0.599. The topological polar surface area (TPSA) is 22.1 Å². The van der Waals surface area contributed by atoms with E-state index >= 15 is 0 Å². The van der Waals surface area contributed by atoms with Crippen LogP contribution in [0.25, 0.3) is 0 Å². The molecule has 0 spiro atoms. The SMILES string of the molecule is COc1cc(Cl)cnc1C. The van der Waals surface area contributed by atoms with Crippen LogP contribution in [-0.4, -0.2) is 12.1 Å². The second kappa shape index (κ2) is 2.88. The predicted molar refractivity (Wildman–Crippen MR) is 40.5 cm³/mol. The van der Waals surface area contributed by atoms with Crippen molar-refractivity contribution in [1.82, 2.24) is 4.98 Å². The van der Waals surface area contributed by atoms with E-state index in [-0.39, 0.29) is 0 Å². The number of nitrogens with zero attached hydrogens (tertiary/aromatic N) is 1. The largest absolute Gasteiger partial charge is 0.495 e. The van der Waals surface area contributed by atoms with E-state index in [0.29, 0.717) is 5.02 Å². The van der Waals surface area contributed by atoms with Crippen LogP contribution in [-0.2, 0) is 0 Å². The third kappa shape index (κ3) is 1.39. The molecular formula is C7H8ClNO. The fourth-order valence-corrected chi connectivity index (χ4v) is 0.844. The van der Waals surface area contributed by atoms with Gasteiger partial charge < -0.3 is 4.74 Å². The highest BCUT2D eigenvalue weighted by Gasteiger charge is 1.97. The van der Waals surface area contributed by atoms with Crippen LogP contribution in [0.2, 0.25) is 5.02 Å². The standard InChI is InChI=1S/C7H8ClNO/c1-5-7(10-2)3-6(8)4-9-5/h3-4H,1-2H3. The Morgan fingerprint density at radius 1 is 1.60 bits per heavy atom. The fourth-order valence-electron chi connectivity index (χ4n) is 0.696. The summed E-state index contributed by atoms with van der Waals surface area (Å²) in [5.74, 6) is 0.729. The lowest BCUT2D eigenvalue weighted by atomic mass is 10.3. The van der Waals surface area contributed by atoms with Crippen LogP contribution in [0.1, 0.15) is 5.69 Å². The average Bonchev–Trinajstić information content (AvgIpc) is 1.94. The maximum atomic E-state index is 5.65. The van der Waals surface area contributed by atoms with Gasteiger partial charge in [-0.2, -0.15) is 0 Å². The molecule has 3 heteroatoms. The van der Waals surface area contributed by atoms with Crippen LogP contribution in [0.3, 0.4) is 0 Å². The highest BCUT2D eigenvalue weighted by molar-refractivity contribution is 6.30. The molecule has 1 rings (SSSR count). The molecule has 0 aliphatic heterocycles. The van der Waals surface area contributed by atoms with Crippen LogP contribution in [0, 0.1) is 6.92 Å². The Morgan fingerprint density at radius 3 is 2.80 bits per heavy atom. The van der Waals surface area contributed by atoms with Crippen molar-refractivity contribution in [2.24, 2.45) is 0 Å². The molecule has 10 heavy (non-hydrogen) atoms. The third-order valence-corrected chi connectivity index (χ3v) is 1.43. The molecule has 54 valence electrons. The molecular weight excluding hydrogens is 150 g/mol. The summed E-state index contributed by atoms with van der Waals surface area (Å²) in [6.45, 7) is 1.87. The van der Waals surface area contributed by atoms with Crippen molar-refractivity contribution >= 4 is 11.6 Å². The molecule has 0 aliphatic carbocycles. The lowest BCUT2D eigenvalue weighted by Gasteiger charge is -2.01. The minimum atomic E-state index is 0.599. The van der Waals surface area contributed by atoms with E-state index in [2.05, 4.69) is 4.98 Å². The second-order valence-corrected chi connectivity index (χ2v) is 2.38. The number of hydrogen-bond acceptors (Lipinski definition) is 2. The van der Waals surface area contributed by atoms with Gasteiger partial charge in [-0.15, -0.1) is 0 Å². The first-order valence-electron chi connectivity index (χ1n) is 2.90. The Hall–Kier alpha value is -0.760. The van der Waals surface area contributed by atoms with Gasteiger partial charge in [0, 0.05) is 12.3 Å². The normalized spacial score (nSPS) is 9.50. The summed E-state index contributed by atoms with van der Waals surface area (Å²) >= 11 is 5.65. The van der Waals surface area contributed by atoms with Crippen LogP contribution >= 0.6 is 11.6 Å². The van der Waals surface area contributed by atoms with E-state index in [1.54, 1.807) is 19.4 Å². The summed E-state index contributed by atoms with van der Waals surface area (Å²) < 4.78 is 4.98. The zero-order valence-corrected chi connectivity index (χ0v) is 6.64. The third-order valence-electron chi connectivity index (χ3n) is 1.23. The van der Waals surface area contributed by atoms with E-state index in [1.165, 1.54) is 0 Å². The molecule has 0 amide bonds. The maximum Gasteiger partial charge on any atom is 0.141 e. The van der Waals surface area contributed by atoms with Crippen molar-refractivity contribution < 1.29 is 4.74 Å². The zero-order chi connectivity index (χ0) is 7.56. The van der Waals surface area contributed by atoms with Crippen molar-refractivity contribution in [1.29, 1.82) is 0 Å². The monoisotopic (exact) mass is 157 g/mol. The molecule has 1 aromatic heterocycles. The molecule has 1 aromatic rings. The molecule has 0 aliphatic rings. The first-order chi connectivity index (χ1) is 4.74. The Labute approximate surface area is 64.8 Å². The number of aryl methyl sites for hydroxylation is 1. The lowest BCUT2D eigenvalue weighted by molar-refractivity contribution is 0.409. The fraction of sp³-hybridized carbons (Fsp3) is 0.286. The highest BCUT2D eigenvalue weighted by atomic mass is 35.5. The van der Waals surface area contributed by atoms with Gasteiger partial charge in [0.25, 0.3) is 0 Å². The Kier molecular flexibility index (Phi) is 2.12. The Bertz CT molecular complexity index is 237. The van der Waals surface area contributed by atoms with Gasteiger partial charge in [0.2, 0.25) is 0 Å². The van der Waals surface area contributed by atoms with Crippen molar-refractivity contribution in [3.05, 3.63) is 23.0 Å². The smallest absolute Gasteiger partial charge is 0.141 e. The van der Waals surface area contributed by atoms with Crippen LogP contribution in [0.4, 0.5) is 0 Å². The van der Waals surface area contributed by atoms with E-state index in [9.17, 15) is 0 Å². The van der Waals surface area contributed by atoms with E-state index in [1.807, 2.05) is 6.92 Å². The van der Waals surface area contributed by atoms with E-state index < -0.39 is 0 Å². The van der Waals surface area contributed by atoms with Gasteiger partial charge in [-0.25, -0.2) is 0 Å². The van der Waals surface area contributed by atoms with E-state index in [4.69, 9.17) is 16.3 Å². The molecule has 0 saturated heterocycles. The molecule has 0 aromatic carbocycles. The van der Waals surface area contributed by atoms with Crippen LogP contribution < -0.4 is 4.74 Å². The number of pyridine rings is 1. The molecule has 0 radical (unpaired) electrons. The number of halogens is 1. The molecule has 2 nitrogen and oxygen atoms in total. The molecule has 1 heterocycles. The number of ether oxygens (including phenoxy) is 1. The van der Waals surface area contributed by atoms with Crippen LogP contribution in [0.15, 0.2) is 12.3 Å². The molecule has 0 saturated carbocycles. The van der Waals surface area contributed by atoms with Crippen LogP contribution in [0.5, 0.6) is 5.75 Å². The average molecular weight is 158 g/mol. The lowest BCUT2D eigenvalue weighted by Crippen LogP contribution is -1.88. The van der Waals surface area contributed by atoms with Gasteiger partial charge >= 0.3 is 0 Å². The van der Waals surface area contributed by atoms with Crippen molar-refractivity contribution in [2.45, 2.75) is 6.92 Å². The summed E-state index contributed by atoms with van der Waals surface area (Å²) in [5.41, 5.74) is 0.854. The molecule has 0 bridgehead atoms. The second-order valence-electron chi connectivity index (χ2n) is 1.94. The summed E-state index contributed by atoms with van der Waals surface area (Å²) in [7, 11) is 1.60. The number of hydrogen-bond donors (Lipinski definition) is 0.